The number of carbonyl (C=O) groups is 7. The molecule has 16 heteroatoms. The zero-order valence-corrected chi connectivity index (χ0v) is 32.0. The standard InChI is InChI=1S/C39H49N7O8S/c1-23(2)34(40)38(53)46-30(20-27-15-17-28(47)18-16-27)36(51)42-21-32(48)41-22-33(49)45-31(19-26-11-7-5-8-12-26)37(52)43-24(3)35(50)44-25(4)39(54)55-29-13-9-6-10-14-29/h5-18,23-25,30-31,34,47H,19-22,40H2,1-4H3,(H,41,48)(H,42,51)(H,43,52)(H,44,50)(H,45,49)(H,46,53)/t24-,25+,30+,31+,34+/m1/s1. The molecule has 9 N–H and O–H groups in total. The van der Waals surface area contributed by atoms with Gasteiger partial charge in [-0.15, -0.1) is 0 Å². The number of carbonyl (C=O) groups excluding carboxylic acids is 7. The first-order valence-electron chi connectivity index (χ1n) is 17.7. The van der Waals surface area contributed by atoms with Gasteiger partial charge in [-0.05, 0) is 66.9 Å². The molecule has 3 aromatic carbocycles. The highest BCUT2D eigenvalue weighted by Crippen LogP contribution is 2.19. The second-order valence-electron chi connectivity index (χ2n) is 13.2. The van der Waals surface area contributed by atoms with Crippen LogP contribution < -0.4 is 37.6 Å². The molecule has 0 heterocycles. The SMILES string of the molecule is CC(C)[C@H](N)C(=O)N[C@@H](Cc1ccc(O)cc1)C(=O)NCC(=O)NCC(=O)N[C@@H](Cc1ccccc1)C(=O)N[C@H](C)C(=O)N[C@@H](C)C(=O)Sc1ccccc1. The highest BCUT2D eigenvalue weighted by molar-refractivity contribution is 8.13. The van der Waals surface area contributed by atoms with E-state index in [0.717, 1.165) is 16.7 Å². The molecule has 0 aliphatic heterocycles. The maximum atomic E-state index is 13.4. The topological polar surface area (TPSA) is 238 Å². The molecule has 5 atom stereocenters. The normalized spacial score (nSPS) is 13.6. The second-order valence-corrected chi connectivity index (χ2v) is 14.3. The van der Waals surface area contributed by atoms with Gasteiger partial charge in [-0.2, -0.15) is 0 Å². The summed E-state index contributed by atoms with van der Waals surface area (Å²) in [5.74, 6) is -4.12. The summed E-state index contributed by atoms with van der Waals surface area (Å²) in [4.78, 5) is 91.1. The van der Waals surface area contributed by atoms with Crippen LogP contribution in [0.25, 0.3) is 0 Å². The third kappa shape index (κ3) is 15.3. The van der Waals surface area contributed by atoms with Crippen molar-refractivity contribution in [3.8, 4) is 5.75 Å². The fraction of sp³-hybridized carbons (Fsp3) is 0.359. The number of hydrogen-bond acceptors (Lipinski definition) is 10. The number of nitrogens with one attached hydrogen (secondary N) is 6. The number of thioether (sulfide) groups is 1. The molecule has 0 radical (unpaired) electrons. The minimum atomic E-state index is -1.14. The Bertz CT molecular complexity index is 1780. The summed E-state index contributed by atoms with van der Waals surface area (Å²) in [5, 5.41) is 24.6. The zero-order chi connectivity index (χ0) is 40.5. The predicted molar refractivity (Wildman–Crippen MR) is 207 cm³/mol. The largest absolute Gasteiger partial charge is 0.508 e. The molecule has 0 unspecified atom stereocenters. The summed E-state index contributed by atoms with van der Waals surface area (Å²) in [6, 6.07) is 18.8. The lowest BCUT2D eigenvalue weighted by molar-refractivity contribution is -0.133. The van der Waals surface area contributed by atoms with Crippen molar-refractivity contribution in [2.45, 2.75) is 75.6 Å². The summed E-state index contributed by atoms with van der Waals surface area (Å²) >= 11 is 0.983. The van der Waals surface area contributed by atoms with Gasteiger partial charge < -0.3 is 42.7 Å². The Hall–Kier alpha value is -5.74. The maximum Gasteiger partial charge on any atom is 0.243 e. The number of nitrogens with two attached hydrogens (primary N) is 1. The Balaban J connectivity index is 1.56. The molecule has 0 aliphatic carbocycles. The van der Waals surface area contributed by atoms with Crippen LogP contribution in [0.15, 0.2) is 89.8 Å². The number of rotatable bonds is 19. The molecule has 0 aromatic heterocycles. The summed E-state index contributed by atoms with van der Waals surface area (Å²) in [6.07, 6.45) is 0.107. The lowest BCUT2D eigenvalue weighted by Gasteiger charge is -2.23. The average Bonchev–Trinajstić information content (AvgIpc) is 3.16. The van der Waals surface area contributed by atoms with Crippen molar-refractivity contribution in [2.75, 3.05) is 13.1 Å². The lowest BCUT2D eigenvalue weighted by atomic mass is 10.0. The Morgan fingerprint density at radius 1 is 0.582 bits per heavy atom. The first-order valence-corrected chi connectivity index (χ1v) is 18.5. The van der Waals surface area contributed by atoms with Gasteiger partial charge in [0.25, 0.3) is 0 Å². The summed E-state index contributed by atoms with van der Waals surface area (Å²) in [6.45, 7) is 5.43. The molecule has 0 fully saturated rings. The molecular formula is C39H49N7O8S. The van der Waals surface area contributed by atoms with Crippen LogP contribution in [0.2, 0.25) is 0 Å². The van der Waals surface area contributed by atoms with Crippen LogP contribution in [-0.4, -0.2) is 89.0 Å². The highest BCUT2D eigenvalue weighted by atomic mass is 32.2. The van der Waals surface area contributed by atoms with E-state index in [4.69, 9.17) is 5.73 Å². The van der Waals surface area contributed by atoms with Gasteiger partial charge >= 0.3 is 0 Å². The molecule has 0 bridgehead atoms. The van der Waals surface area contributed by atoms with E-state index >= 15 is 0 Å². The van der Waals surface area contributed by atoms with Crippen LogP contribution in [0.5, 0.6) is 5.75 Å². The molecule has 0 aliphatic rings. The number of phenolic OH excluding ortho intramolecular Hbond substituents is 1. The third-order valence-corrected chi connectivity index (χ3v) is 9.32. The highest BCUT2D eigenvalue weighted by Gasteiger charge is 2.28. The second kappa shape index (κ2) is 21.8. The van der Waals surface area contributed by atoms with Crippen molar-refractivity contribution in [1.82, 2.24) is 31.9 Å². The summed E-state index contributed by atoms with van der Waals surface area (Å²) in [5.41, 5.74) is 7.30. The molecule has 294 valence electrons. The number of hydrogen-bond donors (Lipinski definition) is 8. The molecule has 0 saturated heterocycles. The molecule has 0 spiro atoms. The van der Waals surface area contributed by atoms with Crippen molar-refractivity contribution in [1.29, 1.82) is 0 Å². The van der Waals surface area contributed by atoms with Gasteiger partial charge in [0.2, 0.25) is 40.6 Å². The Morgan fingerprint density at radius 3 is 1.71 bits per heavy atom. The van der Waals surface area contributed by atoms with Gasteiger partial charge in [0.1, 0.15) is 23.9 Å². The summed E-state index contributed by atoms with van der Waals surface area (Å²) < 4.78 is 0. The number of benzene rings is 3. The minimum Gasteiger partial charge on any atom is -0.508 e. The van der Waals surface area contributed by atoms with Gasteiger partial charge in [-0.25, -0.2) is 0 Å². The predicted octanol–water partition coefficient (Wildman–Crippen LogP) is 0.691. The fourth-order valence-electron chi connectivity index (χ4n) is 4.95. The van der Waals surface area contributed by atoms with Crippen LogP contribution in [-0.2, 0) is 46.4 Å². The van der Waals surface area contributed by atoms with Crippen molar-refractivity contribution < 1.29 is 38.7 Å². The Labute approximate surface area is 324 Å². The number of aromatic hydroxyl groups is 1. The van der Waals surface area contributed by atoms with Crippen LogP contribution in [0.4, 0.5) is 0 Å². The van der Waals surface area contributed by atoms with E-state index in [-0.39, 0.29) is 29.6 Å². The molecule has 6 amide bonds. The van der Waals surface area contributed by atoms with Crippen LogP contribution in [0.1, 0.15) is 38.8 Å². The average molecular weight is 776 g/mol. The van der Waals surface area contributed by atoms with E-state index in [0.29, 0.717) is 11.1 Å². The van der Waals surface area contributed by atoms with E-state index in [1.165, 1.54) is 19.1 Å². The monoisotopic (exact) mass is 775 g/mol. The van der Waals surface area contributed by atoms with Crippen molar-refractivity contribution in [2.24, 2.45) is 11.7 Å². The zero-order valence-electron chi connectivity index (χ0n) is 31.2. The van der Waals surface area contributed by atoms with Crippen molar-refractivity contribution >= 4 is 52.3 Å². The molecule has 3 aromatic rings. The molecule has 15 nitrogen and oxygen atoms in total. The molecular weight excluding hydrogens is 727 g/mol. The van der Waals surface area contributed by atoms with Gasteiger partial charge in [0, 0.05) is 17.7 Å². The van der Waals surface area contributed by atoms with Gasteiger partial charge in [0.05, 0.1) is 25.2 Å². The number of phenols is 1. The van der Waals surface area contributed by atoms with E-state index in [2.05, 4.69) is 31.9 Å². The van der Waals surface area contributed by atoms with Crippen LogP contribution in [0.3, 0.4) is 0 Å². The summed E-state index contributed by atoms with van der Waals surface area (Å²) in [7, 11) is 0. The smallest absolute Gasteiger partial charge is 0.243 e. The molecule has 3 rings (SSSR count). The van der Waals surface area contributed by atoms with Gasteiger partial charge in [-0.1, -0.05) is 74.5 Å². The minimum absolute atomic E-state index is 0.0266. The fourth-order valence-corrected chi connectivity index (χ4v) is 5.72. The van der Waals surface area contributed by atoms with E-state index in [1.807, 2.05) is 6.07 Å². The quantitative estimate of drug-likeness (QED) is 0.0794. The number of amides is 6. The Kier molecular flexibility index (Phi) is 17.3. The van der Waals surface area contributed by atoms with E-state index < -0.39 is 78.7 Å². The first-order chi connectivity index (χ1) is 26.1. The third-order valence-electron chi connectivity index (χ3n) is 8.26. The molecule has 55 heavy (non-hydrogen) atoms. The van der Waals surface area contributed by atoms with E-state index in [9.17, 15) is 38.7 Å². The van der Waals surface area contributed by atoms with Crippen LogP contribution >= 0.6 is 11.8 Å². The van der Waals surface area contributed by atoms with Gasteiger partial charge in [-0.3, -0.25) is 33.6 Å². The Morgan fingerprint density at radius 2 is 1.11 bits per heavy atom. The van der Waals surface area contributed by atoms with Crippen molar-refractivity contribution in [3.05, 3.63) is 96.1 Å². The van der Waals surface area contributed by atoms with Crippen LogP contribution in [0, 0.1) is 5.92 Å². The van der Waals surface area contributed by atoms with Gasteiger partial charge in [0.15, 0.2) is 0 Å². The first kappa shape index (κ1) is 43.7. The lowest BCUT2D eigenvalue weighted by Crippen LogP contribution is -2.56. The van der Waals surface area contributed by atoms with E-state index in [1.54, 1.807) is 87.5 Å². The maximum absolute atomic E-state index is 13.4. The van der Waals surface area contributed by atoms with Crippen molar-refractivity contribution in [3.63, 3.8) is 0 Å². The molecule has 0 saturated carbocycles.